The molecule has 0 radical (unpaired) electrons. The Hall–Kier alpha value is -2.06. The van der Waals surface area contributed by atoms with E-state index in [-0.39, 0.29) is 0 Å². The van der Waals surface area contributed by atoms with Crippen molar-refractivity contribution < 1.29 is 0 Å². The van der Waals surface area contributed by atoms with Gasteiger partial charge in [0.1, 0.15) is 0 Å². The maximum Gasteiger partial charge on any atom is 0.0578 e. The second-order valence-electron chi connectivity index (χ2n) is 5.20. The number of anilines is 1. The largest absolute Gasteiger partial charge is 0.377 e. The van der Waals surface area contributed by atoms with Crippen LogP contribution in [-0.2, 0) is 6.42 Å². The van der Waals surface area contributed by atoms with E-state index in [1.807, 2.05) is 0 Å². The topological polar surface area (TPSA) is 12.0 Å². The summed E-state index contributed by atoms with van der Waals surface area (Å²) in [5.74, 6) is 0. The van der Waals surface area contributed by atoms with Crippen molar-refractivity contribution >= 4 is 17.0 Å². The van der Waals surface area contributed by atoms with Crippen LogP contribution in [0.15, 0.2) is 72.1 Å². The van der Waals surface area contributed by atoms with Crippen molar-refractivity contribution in [1.82, 2.24) is 0 Å². The number of thiophene rings is 1. The summed E-state index contributed by atoms with van der Waals surface area (Å²) in [6.45, 7) is 2.21. The predicted molar refractivity (Wildman–Crippen MR) is 92.0 cm³/mol. The monoisotopic (exact) mass is 293 g/mol. The molecular weight excluding hydrogens is 274 g/mol. The second-order valence-corrected chi connectivity index (χ2v) is 6.18. The number of nitrogens with one attached hydrogen (secondary N) is 1. The smallest absolute Gasteiger partial charge is 0.0578 e. The molecule has 1 heterocycles. The Labute approximate surface area is 130 Å². The van der Waals surface area contributed by atoms with Crippen LogP contribution in [0.3, 0.4) is 0 Å². The summed E-state index contributed by atoms with van der Waals surface area (Å²) < 4.78 is 0. The quantitative estimate of drug-likeness (QED) is 0.654. The lowest BCUT2D eigenvalue weighted by molar-refractivity contribution is 0.903. The Balaban J connectivity index is 1.79. The summed E-state index contributed by atoms with van der Waals surface area (Å²) in [4.78, 5) is 1.37. The van der Waals surface area contributed by atoms with Gasteiger partial charge in [-0.1, -0.05) is 54.6 Å². The molecule has 0 aliphatic rings. The highest BCUT2D eigenvalue weighted by molar-refractivity contribution is 7.10. The number of hydrogen-bond donors (Lipinski definition) is 1. The lowest BCUT2D eigenvalue weighted by Gasteiger charge is -2.17. The maximum absolute atomic E-state index is 3.64. The van der Waals surface area contributed by atoms with Crippen LogP contribution in [0.25, 0.3) is 0 Å². The highest BCUT2D eigenvalue weighted by Gasteiger charge is 2.09. The molecule has 1 N–H and O–H groups in total. The van der Waals surface area contributed by atoms with Gasteiger partial charge >= 0.3 is 0 Å². The highest BCUT2D eigenvalue weighted by atomic mass is 32.1. The zero-order valence-electron chi connectivity index (χ0n) is 12.1. The van der Waals surface area contributed by atoms with Crippen molar-refractivity contribution in [2.45, 2.75) is 19.4 Å². The van der Waals surface area contributed by atoms with Gasteiger partial charge in [0, 0.05) is 10.6 Å². The van der Waals surface area contributed by atoms with Crippen LogP contribution in [0, 0.1) is 0 Å². The minimum Gasteiger partial charge on any atom is -0.377 e. The summed E-state index contributed by atoms with van der Waals surface area (Å²) in [5, 5.41) is 5.77. The van der Waals surface area contributed by atoms with E-state index in [2.05, 4.69) is 84.4 Å². The molecule has 3 rings (SSSR count). The van der Waals surface area contributed by atoms with Crippen molar-refractivity contribution in [3.8, 4) is 0 Å². The van der Waals surface area contributed by atoms with E-state index in [0.717, 1.165) is 6.42 Å². The first-order valence-electron chi connectivity index (χ1n) is 7.25. The third kappa shape index (κ3) is 3.53. The van der Waals surface area contributed by atoms with Crippen molar-refractivity contribution in [2.24, 2.45) is 0 Å². The molecule has 0 aliphatic carbocycles. The fraction of sp³-hybridized carbons (Fsp3) is 0.158. The van der Waals surface area contributed by atoms with E-state index < -0.39 is 0 Å². The van der Waals surface area contributed by atoms with Crippen molar-refractivity contribution in [3.63, 3.8) is 0 Å². The first-order valence-corrected chi connectivity index (χ1v) is 8.12. The summed E-state index contributed by atoms with van der Waals surface area (Å²) in [5.41, 5.74) is 3.91. The van der Waals surface area contributed by atoms with Crippen LogP contribution in [0.5, 0.6) is 0 Å². The lowest BCUT2D eigenvalue weighted by atomic mass is 10.0. The van der Waals surface area contributed by atoms with Gasteiger partial charge in [0.25, 0.3) is 0 Å². The van der Waals surface area contributed by atoms with Crippen LogP contribution >= 0.6 is 11.3 Å². The Kier molecular flexibility index (Phi) is 4.37. The molecule has 0 aliphatic heterocycles. The minimum atomic E-state index is 0.335. The second kappa shape index (κ2) is 6.59. The van der Waals surface area contributed by atoms with E-state index in [1.54, 1.807) is 11.3 Å². The van der Waals surface area contributed by atoms with Crippen molar-refractivity contribution in [1.29, 1.82) is 0 Å². The molecule has 0 saturated carbocycles. The predicted octanol–water partition coefficient (Wildman–Crippen LogP) is 5.51. The van der Waals surface area contributed by atoms with E-state index in [9.17, 15) is 0 Å². The molecule has 0 fully saturated rings. The van der Waals surface area contributed by atoms with E-state index in [0.29, 0.717) is 6.04 Å². The summed E-state index contributed by atoms with van der Waals surface area (Å²) in [7, 11) is 0. The average molecular weight is 293 g/mol. The SMILES string of the molecule is CC(Nc1ccccc1Cc1ccccc1)c1cccs1. The summed E-state index contributed by atoms with van der Waals surface area (Å²) >= 11 is 1.80. The molecule has 1 nitrogen and oxygen atoms in total. The molecule has 0 bridgehead atoms. The van der Waals surface area contributed by atoms with E-state index in [4.69, 9.17) is 0 Å². The molecule has 0 saturated heterocycles. The zero-order chi connectivity index (χ0) is 14.5. The highest BCUT2D eigenvalue weighted by Crippen LogP contribution is 2.26. The van der Waals surface area contributed by atoms with E-state index >= 15 is 0 Å². The fourth-order valence-electron chi connectivity index (χ4n) is 2.47. The number of para-hydroxylation sites is 1. The molecule has 2 aromatic carbocycles. The summed E-state index contributed by atoms with van der Waals surface area (Å²) in [6.07, 6.45) is 0.959. The van der Waals surface area contributed by atoms with Gasteiger partial charge in [-0.05, 0) is 42.0 Å². The molecular formula is C19H19NS. The minimum absolute atomic E-state index is 0.335. The Morgan fingerprint density at radius 3 is 2.43 bits per heavy atom. The molecule has 1 aromatic heterocycles. The van der Waals surface area contributed by atoms with Crippen LogP contribution in [0.2, 0.25) is 0 Å². The van der Waals surface area contributed by atoms with Gasteiger partial charge in [0.05, 0.1) is 6.04 Å². The standard InChI is InChI=1S/C19H19NS/c1-15(19-12-7-13-21-19)20-18-11-6-5-10-17(18)14-16-8-3-2-4-9-16/h2-13,15,20H,14H2,1H3. The van der Waals surface area contributed by atoms with Crippen LogP contribution < -0.4 is 5.32 Å². The Bertz CT molecular complexity index is 674. The lowest BCUT2D eigenvalue weighted by Crippen LogP contribution is -2.07. The Morgan fingerprint density at radius 2 is 1.67 bits per heavy atom. The number of benzene rings is 2. The number of hydrogen-bond acceptors (Lipinski definition) is 2. The van der Waals surface area contributed by atoms with Gasteiger partial charge in [0.2, 0.25) is 0 Å². The van der Waals surface area contributed by atoms with E-state index in [1.165, 1.54) is 21.7 Å². The normalized spacial score (nSPS) is 12.0. The van der Waals surface area contributed by atoms with Gasteiger partial charge in [-0.2, -0.15) is 0 Å². The maximum atomic E-state index is 3.64. The van der Waals surface area contributed by atoms with Gasteiger partial charge in [-0.25, -0.2) is 0 Å². The van der Waals surface area contributed by atoms with Crippen LogP contribution in [-0.4, -0.2) is 0 Å². The van der Waals surface area contributed by atoms with Crippen molar-refractivity contribution in [3.05, 3.63) is 88.1 Å². The van der Waals surface area contributed by atoms with Gasteiger partial charge < -0.3 is 5.32 Å². The van der Waals surface area contributed by atoms with Gasteiger partial charge in [0.15, 0.2) is 0 Å². The molecule has 106 valence electrons. The van der Waals surface area contributed by atoms with Crippen LogP contribution in [0.4, 0.5) is 5.69 Å². The molecule has 0 spiro atoms. The summed E-state index contributed by atoms with van der Waals surface area (Å²) in [6, 6.07) is 23.8. The average Bonchev–Trinajstić information content (AvgIpc) is 3.05. The number of rotatable bonds is 5. The van der Waals surface area contributed by atoms with Gasteiger partial charge in [-0.15, -0.1) is 11.3 Å². The molecule has 21 heavy (non-hydrogen) atoms. The molecule has 1 unspecified atom stereocenters. The third-order valence-electron chi connectivity index (χ3n) is 3.60. The van der Waals surface area contributed by atoms with Crippen molar-refractivity contribution in [2.75, 3.05) is 5.32 Å². The third-order valence-corrected chi connectivity index (χ3v) is 4.65. The molecule has 3 aromatic rings. The first-order chi connectivity index (χ1) is 10.3. The molecule has 0 amide bonds. The molecule has 2 heteroatoms. The van der Waals surface area contributed by atoms with Crippen LogP contribution in [0.1, 0.15) is 29.0 Å². The van der Waals surface area contributed by atoms with Gasteiger partial charge in [-0.3, -0.25) is 0 Å². The molecule has 1 atom stereocenters. The first kappa shape index (κ1) is 13.9. The fourth-order valence-corrected chi connectivity index (χ4v) is 3.21. The zero-order valence-corrected chi connectivity index (χ0v) is 12.9. The Morgan fingerprint density at radius 1 is 0.905 bits per heavy atom.